The fraction of sp³-hybridized carbons (Fsp3) is 0.381. The highest BCUT2D eigenvalue weighted by molar-refractivity contribution is 5.89. The first-order valence-corrected chi connectivity index (χ1v) is 9.00. The van der Waals surface area contributed by atoms with Gasteiger partial charge in [-0.2, -0.15) is 0 Å². The van der Waals surface area contributed by atoms with Crippen molar-refractivity contribution >= 4 is 18.4 Å². The van der Waals surface area contributed by atoms with Crippen molar-refractivity contribution in [2.24, 2.45) is 0 Å². The summed E-state index contributed by atoms with van der Waals surface area (Å²) >= 11 is 0. The third-order valence-electron chi connectivity index (χ3n) is 4.87. The highest BCUT2D eigenvalue weighted by Gasteiger charge is 2.25. The van der Waals surface area contributed by atoms with Gasteiger partial charge in [-0.15, -0.1) is 12.4 Å². The molecule has 0 unspecified atom stereocenters. The lowest BCUT2D eigenvalue weighted by Crippen LogP contribution is -2.45. The molecule has 0 saturated carbocycles. The minimum atomic E-state index is -0.338. The molecule has 5 nitrogen and oxygen atoms in total. The molecule has 0 bridgehead atoms. The van der Waals surface area contributed by atoms with E-state index < -0.39 is 0 Å². The smallest absolute Gasteiger partial charge is 0.337 e. The number of benzene rings is 2. The summed E-state index contributed by atoms with van der Waals surface area (Å²) < 4.78 is 10.3. The zero-order valence-electron chi connectivity index (χ0n) is 15.7. The molecule has 1 aliphatic heterocycles. The average Bonchev–Trinajstić information content (AvgIpc) is 2.72. The van der Waals surface area contributed by atoms with Gasteiger partial charge in [0.05, 0.1) is 19.8 Å². The van der Waals surface area contributed by atoms with Crippen LogP contribution in [0.2, 0.25) is 0 Å². The van der Waals surface area contributed by atoms with Gasteiger partial charge >= 0.3 is 5.97 Å². The molecule has 2 N–H and O–H groups in total. The highest BCUT2D eigenvalue weighted by atomic mass is 35.5. The van der Waals surface area contributed by atoms with Gasteiger partial charge in [0.2, 0.25) is 0 Å². The molecule has 0 amide bonds. The first kappa shape index (κ1) is 21.2. The summed E-state index contributed by atoms with van der Waals surface area (Å²) in [5.41, 5.74) is 2.78. The van der Waals surface area contributed by atoms with Crippen LogP contribution in [-0.4, -0.2) is 32.8 Å². The van der Waals surface area contributed by atoms with Gasteiger partial charge in [-0.3, -0.25) is 0 Å². The Morgan fingerprint density at radius 3 is 2.67 bits per heavy atom. The van der Waals surface area contributed by atoms with E-state index in [9.17, 15) is 4.79 Å². The summed E-state index contributed by atoms with van der Waals surface area (Å²) in [4.78, 5) is 11.8. The molecule has 2 aromatic carbocycles. The van der Waals surface area contributed by atoms with Crippen molar-refractivity contribution in [3.63, 3.8) is 0 Å². The van der Waals surface area contributed by atoms with Crippen molar-refractivity contribution in [3.05, 3.63) is 65.2 Å². The van der Waals surface area contributed by atoms with Gasteiger partial charge in [0.15, 0.2) is 0 Å². The molecule has 0 aliphatic carbocycles. The zero-order chi connectivity index (χ0) is 18.4. The lowest BCUT2D eigenvalue weighted by molar-refractivity contribution is 0.0600. The molecule has 6 heteroatoms. The van der Waals surface area contributed by atoms with Crippen LogP contribution in [-0.2, 0) is 11.3 Å². The zero-order valence-corrected chi connectivity index (χ0v) is 16.6. The lowest BCUT2D eigenvalue weighted by Gasteiger charge is -2.34. The maximum atomic E-state index is 11.8. The van der Waals surface area contributed by atoms with Crippen LogP contribution in [0.25, 0.3) is 0 Å². The number of hydrogen-bond acceptors (Lipinski definition) is 5. The van der Waals surface area contributed by atoms with Crippen molar-refractivity contribution in [2.75, 3.05) is 20.8 Å². The number of carbonyl (C=O) groups excluding carboxylic acids is 1. The molecule has 1 fully saturated rings. The molecular formula is C21H27ClN2O3. The average molecular weight is 391 g/mol. The third-order valence-corrected chi connectivity index (χ3v) is 4.87. The molecule has 0 radical (unpaired) electrons. The largest absolute Gasteiger partial charge is 0.496 e. The second-order valence-corrected chi connectivity index (χ2v) is 6.49. The fourth-order valence-corrected chi connectivity index (χ4v) is 3.52. The van der Waals surface area contributed by atoms with Crippen LogP contribution in [0.4, 0.5) is 0 Å². The van der Waals surface area contributed by atoms with E-state index >= 15 is 0 Å². The summed E-state index contributed by atoms with van der Waals surface area (Å²) in [6.45, 7) is 1.66. The molecule has 1 heterocycles. The number of methoxy groups -OCH3 is 2. The predicted molar refractivity (Wildman–Crippen MR) is 109 cm³/mol. The Hall–Kier alpha value is -2.08. The van der Waals surface area contributed by atoms with Crippen LogP contribution >= 0.6 is 12.4 Å². The van der Waals surface area contributed by atoms with E-state index in [1.807, 2.05) is 18.2 Å². The van der Waals surface area contributed by atoms with Gasteiger partial charge in [-0.1, -0.05) is 30.3 Å². The minimum absolute atomic E-state index is 0. The molecular weight excluding hydrogens is 364 g/mol. The predicted octanol–water partition coefficient (Wildman–Crippen LogP) is 3.49. The summed E-state index contributed by atoms with van der Waals surface area (Å²) in [7, 11) is 3.04. The second-order valence-electron chi connectivity index (χ2n) is 6.49. The second kappa shape index (κ2) is 10.3. The van der Waals surface area contributed by atoms with Crippen molar-refractivity contribution in [1.29, 1.82) is 0 Å². The summed E-state index contributed by atoms with van der Waals surface area (Å²) in [5.74, 6) is 0.431. The number of rotatable bonds is 6. The molecule has 27 heavy (non-hydrogen) atoms. The van der Waals surface area contributed by atoms with Crippen molar-refractivity contribution in [3.8, 4) is 5.75 Å². The first-order chi connectivity index (χ1) is 12.7. The van der Waals surface area contributed by atoms with E-state index in [1.165, 1.54) is 12.7 Å². The van der Waals surface area contributed by atoms with Gasteiger partial charge in [0.1, 0.15) is 5.75 Å². The van der Waals surface area contributed by atoms with Gasteiger partial charge in [-0.05, 0) is 43.1 Å². The van der Waals surface area contributed by atoms with Crippen molar-refractivity contribution in [2.45, 2.75) is 31.5 Å². The molecule has 2 aromatic rings. The third kappa shape index (κ3) is 5.22. The summed E-state index contributed by atoms with van der Waals surface area (Å²) in [6, 6.07) is 16.5. The van der Waals surface area contributed by atoms with Crippen LogP contribution in [0.15, 0.2) is 48.5 Å². The number of nitrogens with one attached hydrogen (secondary N) is 2. The number of halogens is 1. The van der Waals surface area contributed by atoms with E-state index in [1.54, 1.807) is 13.2 Å². The Balaban J connectivity index is 0.00000261. The molecule has 1 aliphatic rings. The Kier molecular flexibility index (Phi) is 8.10. The Labute approximate surface area is 166 Å². The van der Waals surface area contributed by atoms with Gasteiger partial charge in [0, 0.05) is 24.2 Å². The lowest BCUT2D eigenvalue weighted by atomic mass is 9.92. The maximum absolute atomic E-state index is 11.8. The summed E-state index contributed by atoms with van der Waals surface area (Å²) in [6.07, 6.45) is 2.24. The highest BCUT2D eigenvalue weighted by Crippen LogP contribution is 2.25. The normalized spacial score (nSPS) is 19.0. The van der Waals surface area contributed by atoms with Gasteiger partial charge in [-0.25, -0.2) is 4.79 Å². The SMILES string of the molecule is COC(=O)c1ccc(OC)c(CN[C@H]2CCCN[C@H]2c2ccccc2)c1.Cl. The first-order valence-electron chi connectivity index (χ1n) is 9.00. The van der Waals surface area contributed by atoms with E-state index in [-0.39, 0.29) is 24.4 Å². The van der Waals surface area contributed by atoms with Gasteiger partial charge < -0.3 is 20.1 Å². The van der Waals surface area contributed by atoms with E-state index in [0.717, 1.165) is 30.7 Å². The molecule has 146 valence electrons. The van der Waals surface area contributed by atoms with Crippen LogP contribution in [0.5, 0.6) is 5.75 Å². The van der Waals surface area contributed by atoms with Crippen molar-refractivity contribution < 1.29 is 14.3 Å². The maximum Gasteiger partial charge on any atom is 0.337 e. The number of hydrogen-bond donors (Lipinski definition) is 2. The molecule has 0 spiro atoms. The Bertz CT molecular complexity index is 739. The number of esters is 1. The van der Waals surface area contributed by atoms with Gasteiger partial charge in [0.25, 0.3) is 0 Å². The van der Waals surface area contributed by atoms with Crippen molar-refractivity contribution in [1.82, 2.24) is 10.6 Å². The fourth-order valence-electron chi connectivity index (χ4n) is 3.52. The minimum Gasteiger partial charge on any atom is -0.496 e. The van der Waals surface area contributed by atoms with Crippen LogP contribution in [0.3, 0.4) is 0 Å². The van der Waals surface area contributed by atoms with Crippen LogP contribution in [0, 0.1) is 0 Å². The van der Waals surface area contributed by atoms with E-state index in [0.29, 0.717) is 18.2 Å². The molecule has 2 atom stereocenters. The van der Waals surface area contributed by atoms with E-state index in [2.05, 4.69) is 34.9 Å². The molecule has 1 saturated heterocycles. The standard InChI is InChI=1S/C21H26N2O3.ClH/c1-25-19-11-10-16(21(24)26-2)13-17(19)14-23-18-9-6-12-22-20(18)15-7-4-3-5-8-15;/h3-5,7-8,10-11,13,18,20,22-23H,6,9,12,14H2,1-2H3;1H/t18-,20-;/m0./s1. The van der Waals surface area contributed by atoms with Crippen LogP contribution in [0.1, 0.15) is 40.4 Å². The summed E-state index contributed by atoms with van der Waals surface area (Å²) in [5, 5.41) is 7.27. The molecule has 3 rings (SSSR count). The number of carbonyl (C=O) groups is 1. The Morgan fingerprint density at radius 1 is 1.19 bits per heavy atom. The quantitative estimate of drug-likeness (QED) is 0.739. The molecule has 0 aromatic heterocycles. The number of ether oxygens (including phenoxy) is 2. The monoisotopic (exact) mass is 390 g/mol. The van der Waals surface area contributed by atoms with E-state index in [4.69, 9.17) is 9.47 Å². The Morgan fingerprint density at radius 2 is 1.96 bits per heavy atom. The number of piperidine rings is 1. The topological polar surface area (TPSA) is 59.6 Å². The van der Waals surface area contributed by atoms with Crippen LogP contribution < -0.4 is 15.4 Å².